The van der Waals surface area contributed by atoms with Crippen molar-refractivity contribution in [3.63, 3.8) is 0 Å². The first kappa shape index (κ1) is 15.0. The molecule has 2 aliphatic rings. The zero-order chi connectivity index (χ0) is 16.0. The summed E-state index contributed by atoms with van der Waals surface area (Å²) in [4.78, 5) is 0. The van der Waals surface area contributed by atoms with Gasteiger partial charge in [-0.15, -0.1) is 0 Å². The van der Waals surface area contributed by atoms with Gasteiger partial charge in [-0.05, 0) is 47.1 Å². The molecule has 0 aromatic heterocycles. The number of halogens is 1. The van der Waals surface area contributed by atoms with Crippen LogP contribution in [0.2, 0.25) is 0 Å². The lowest BCUT2D eigenvalue weighted by atomic mass is 9.75. The van der Waals surface area contributed by atoms with Crippen LogP contribution in [0.15, 0.2) is 59.1 Å². The second-order valence-electron chi connectivity index (χ2n) is 7.00. The lowest BCUT2D eigenvalue weighted by Crippen LogP contribution is -2.29. The molecule has 1 N–H and O–H groups in total. The van der Waals surface area contributed by atoms with E-state index in [4.69, 9.17) is 0 Å². The monoisotopic (exact) mass is 367 g/mol. The molecular formula is C21H22BrN. The van der Waals surface area contributed by atoms with Gasteiger partial charge in [-0.2, -0.15) is 0 Å². The second kappa shape index (κ2) is 5.83. The molecule has 0 spiro atoms. The Morgan fingerprint density at radius 2 is 1.96 bits per heavy atom. The van der Waals surface area contributed by atoms with E-state index in [0.29, 0.717) is 23.8 Å². The Bertz CT molecular complexity index is 762. The topological polar surface area (TPSA) is 12.0 Å². The van der Waals surface area contributed by atoms with Crippen LogP contribution in [-0.2, 0) is 0 Å². The fourth-order valence-electron chi connectivity index (χ4n) is 4.16. The van der Waals surface area contributed by atoms with Crippen LogP contribution in [0.5, 0.6) is 0 Å². The molecule has 0 saturated heterocycles. The number of allylic oxidation sites excluding steroid dienone is 2. The first-order valence-corrected chi connectivity index (χ1v) is 9.26. The van der Waals surface area contributed by atoms with Crippen molar-refractivity contribution < 1.29 is 0 Å². The van der Waals surface area contributed by atoms with Gasteiger partial charge < -0.3 is 5.32 Å². The average Bonchev–Trinajstić information content (AvgIpc) is 3.03. The molecule has 2 aromatic carbocycles. The molecule has 0 fully saturated rings. The van der Waals surface area contributed by atoms with Crippen molar-refractivity contribution in [3.05, 3.63) is 75.8 Å². The summed E-state index contributed by atoms with van der Waals surface area (Å²) in [6.07, 6.45) is 5.93. The molecule has 1 aliphatic carbocycles. The Hall–Kier alpha value is -1.54. The van der Waals surface area contributed by atoms with E-state index in [1.54, 1.807) is 0 Å². The zero-order valence-corrected chi connectivity index (χ0v) is 15.2. The van der Waals surface area contributed by atoms with Crippen molar-refractivity contribution in [2.24, 2.45) is 5.92 Å². The highest BCUT2D eigenvalue weighted by molar-refractivity contribution is 9.10. The predicted octanol–water partition coefficient (Wildman–Crippen LogP) is 6.40. The van der Waals surface area contributed by atoms with E-state index in [-0.39, 0.29) is 0 Å². The molecule has 0 unspecified atom stereocenters. The van der Waals surface area contributed by atoms with Gasteiger partial charge in [0.05, 0.1) is 6.04 Å². The van der Waals surface area contributed by atoms with Crippen LogP contribution in [-0.4, -0.2) is 0 Å². The molecule has 1 heterocycles. The summed E-state index contributed by atoms with van der Waals surface area (Å²) in [7, 11) is 0. The smallest absolute Gasteiger partial charge is 0.0554 e. The van der Waals surface area contributed by atoms with Gasteiger partial charge in [0.25, 0.3) is 0 Å². The van der Waals surface area contributed by atoms with Crippen molar-refractivity contribution in [1.29, 1.82) is 0 Å². The van der Waals surface area contributed by atoms with Gasteiger partial charge in [-0.1, -0.05) is 72.3 Å². The van der Waals surface area contributed by atoms with Crippen LogP contribution >= 0.6 is 15.9 Å². The van der Waals surface area contributed by atoms with Crippen LogP contribution < -0.4 is 5.32 Å². The first-order valence-electron chi connectivity index (χ1n) is 8.46. The molecule has 1 aliphatic heterocycles. The lowest BCUT2D eigenvalue weighted by molar-refractivity contribution is 0.424. The van der Waals surface area contributed by atoms with E-state index in [1.807, 2.05) is 0 Å². The molecule has 0 bridgehead atoms. The van der Waals surface area contributed by atoms with Crippen LogP contribution in [0.25, 0.3) is 0 Å². The Morgan fingerprint density at radius 1 is 1.13 bits per heavy atom. The summed E-state index contributed by atoms with van der Waals surface area (Å²) in [6.45, 7) is 4.56. The third-order valence-corrected chi connectivity index (χ3v) is 5.75. The molecule has 0 amide bonds. The molecule has 3 atom stereocenters. The molecule has 23 heavy (non-hydrogen) atoms. The molecular weight excluding hydrogens is 346 g/mol. The largest absolute Gasteiger partial charge is 0.377 e. The van der Waals surface area contributed by atoms with E-state index in [0.717, 1.165) is 10.9 Å². The van der Waals surface area contributed by atoms with Crippen LogP contribution in [0.1, 0.15) is 54.8 Å². The molecule has 1 nitrogen and oxygen atoms in total. The zero-order valence-electron chi connectivity index (χ0n) is 13.6. The van der Waals surface area contributed by atoms with Gasteiger partial charge in [0, 0.05) is 16.1 Å². The number of rotatable bonds is 2. The summed E-state index contributed by atoms with van der Waals surface area (Å²) >= 11 is 3.63. The van der Waals surface area contributed by atoms with E-state index < -0.39 is 0 Å². The minimum Gasteiger partial charge on any atom is -0.377 e. The maximum Gasteiger partial charge on any atom is 0.0554 e. The highest BCUT2D eigenvalue weighted by Crippen LogP contribution is 2.51. The highest BCUT2D eigenvalue weighted by Gasteiger charge is 2.38. The molecule has 0 radical (unpaired) electrons. The molecule has 2 heteroatoms. The Labute approximate surface area is 146 Å². The first-order chi connectivity index (χ1) is 11.1. The second-order valence-corrected chi connectivity index (χ2v) is 7.91. The summed E-state index contributed by atoms with van der Waals surface area (Å²) in [5.41, 5.74) is 5.64. The number of anilines is 1. The highest BCUT2D eigenvalue weighted by atomic mass is 79.9. The number of benzene rings is 2. The van der Waals surface area contributed by atoms with E-state index in [2.05, 4.69) is 89.7 Å². The van der Waals surface area contributed by atoms with Crippen molar-refractivity contribution in [1.82, 2.24) is 0 Å². The quantitative estimate of drug-likeness (QED) is 0.605. The van der Waals surface area contributed by atoms with Crippen molar-refractivity contribution >= 4 is 21.6 Å². The third kappa shape index (κ3) is 2.53. The van der Waals surface area contributed by atoms with Gasteiger partial charge in [0.2, 0.25) is 0 Å². The van der Waals surface area contributed by atoms with Crippen molar-refractivity contribution in [2.45, 2.75) is 38.1 Å². The standard InChI is InChI=1S/C21H22BrN/c1-13(2)16-8-4-11-19-17-9-5-10-18(17)20(23-21(16)19)14-6-3-7-15(22)12-14/h3-9,11-13,17-18,20,23H,10H2,1-2H3/t17-,18-,20-/m1/s1. The SMILES string of the molecule is CC(C)c1cccc2c1N[C@H](c1cccc(Br)c1)[C@@H]1CC=C[C@@H]21. The summed E-state index contributed by atoms with van der Waals surface area (Å²) in [5.74, 6) is 1.68. The number of fused-ring (bicyclic) bond motifs is 3. The van der Waals surface area contributed by atoms with Gasteiger partial charge in [-0.25, -0.2) is 0 Å². The molecule has 4 rings (SSSR count). The van der Waals surface area contributed by atoms with Crippen molar-refractivity contribution in [3.8, 4) is 0 Å². The third-order valence-electron chi connectivity index (χ3n) is 5.26. The van der Waals surface area contributed by atoms with E-state index in [9.17, 15) is 0 Å². The molecule has 2 aromatic rings. The fourth-order valence-corrected chi connectivity index (χ4v) is 4.57. The summed E-state index contributed by atoms with van der Waals surface area (Å²) < 4.78 is 1.15. The maximum atomic E-state index is 3.90. The fraction of sp³-hybridized carbons (Fsp3) is 0.333. The Kier molecular flexibility index (Phi) is 3.81. The predicted molar refractivity (Wildman–Crippen MR) is 101 cm³/mol. The average molecular weight is 368 g/mol. The lowest BCUT2D eigenvalue weighted by Gasteiger charge is -2.39. The Morgan fingerprint density at radius 3 is 2.74 bits per heavy atom. The summed E-state index contributed by atoms with van der Waals surface area (Å²) in [6, 6.07) is 15.9. The maximum absolute atomic E-state index is 3.90. The normalized spacial score (nSPS) is 25.1. The number of para-hydroxylation sites is 1. The number of nitrogens with one attached hydrogen (secondary N) is 1. The van der Waals surface area contributed by atoms with Gasteiger partial charge >= 0.3 is 0 Å². The van der Waals surface area contributed by atoms with Crippen LogP contribution in [0.4, 0.5) is 5.69 Å². The van der Waals surface area contributed by atoms with Gasteiger partial charge in [0.15, 0.2) is 0 Å². The van der Waals surface area contributed by atoms with E-state index >= 15 is 0 Å². The number of hydrogen-bond donors (Lipinski definition) is 1. The van der Waals surface area contributed by atoms with Crippen LogP contribution in [0.3, 0.4) is 0 Å². The minimum atomic E-state index is 0.375. The number of hydrogen-bond acceptors (Lipinski definition) is 1. The summed E-state index contributed by atoms with van der Waals surface area (Å²) in [5, 5.41) is 3.90. The Balaban J connectivity index is 1.83. The van der Waals surface area contributed by atoms with Gasteiger partial charge in [-0.3, -0.25) is 0 Å². The molecule has 118 valence electrons. The minimum absolute atomic E-state index is 0.375. The molecule has 0 saturated carbocycles. The van der Waals surface area contributed by atoms with Crippen LogP contribution in [0, 0.1) is 5.92 Å². The van der Waals surface area contributed by atoms with Crippen molar-refractivity contribution in [2.75, 3.05) is 5.32 Å². The van der Waals surface area contributed by atoms with E-state index in [1.165, 1.54) is 22.4 Å². The van der Waals surface area contributed by atoms with Gasteiger partial charge in [0.1, 0.15) is 0 Å².